The van der Waals surface area contributed by atoms with E-state index >= 15 is 0 Å². The molecule has 2 unspecified atom stereocenters. The van der Waals surface area contributed by atoms with Crippen LogP contribution in [0, 0.1) is 0 Å². The van der Waals surface area contributed by atoms with Crippen LogP contribution < -0.4 is 16.8 Å². The summed E-state index contributed by atoms with van der Waals surface area (Å²) in [5.41, 5.74) is 10.6. The van der Waals surface area contributed by atoms with E-state index in [1.54, 1.807) is 0 Å². The molecule has 0 heterocycles. The smallest absolute Gasteiger partial charge is 0.320 e. The Kier molecular flexibility index (Phi) is 8.47. The summed E-state index contributed by atoms with van der Waals surface area (Å²) in [4.78, 5) is 32.1. The summed E-state index contributed by atoms with van der Waals surface area (Å²) < 4.78 is 0. The molecular weight excluding hydrogens is 254 g/mol. The van der Waals surface area contributed by atoms with Gasteiger partial charge in [-0.1, -0.05) is 0 Å². The van der Waals surface area contributed by atoms with E-state index in [0.717, 1.165) is 0 Å². The average Bonchev–Trinajstić information content (AvgIpc) is 2.34. The monoisotopic (exact) mass is 275 g/mol. The number of nitrogens with one attached hydrogen (secondary N) is 1. The van der Waals surface area contributed by atoms with Gasteiger partial charge in [-0.15, -0.1) is 0 Å². The summed E-state index contributed by atoms with van der Waals surface area (Å²) in [6.07, 6.45) is 1.72. The highest BCUT2D eigenvalue weighted by Gasteiger charge is 2.13. The van der Waals surface area contributed by atoms with Crippen molar-refractivity contribution in [3.8, 4) is 0 Å². The Balaban J connectivity index is 3.54. The van der Waals surface area contributed by atoms with E-state index < -0.39 is 24.0 Å². The zero-order valence-corrected chi connectivity index (χ0v) is 10.7. The van der Waals surface area contributed by atoms with Crippen molar-refractivity contribution in [3.63, 3.8) is 0 Å². The van der Waals surface area contributed by atoms with Gasteiger partial charge in [-0.3, -0.25) is 14.4 Å². The third kappa shape index (κ3) is 8.97. The normalized spacial score (nSPS) is 13.6. The minimum Gasteiger partial charge on any atom is -0.480 e. The van der Waals surface area contributed by atoms with Crippen LogP contribution in [-0.2, 0) is 14.4 Å². The molecule has 19 heavy (non-hydrogen) atoms. The van der Waals surface area contributed by atoms with Gasteiger partial charge in [0.2, 0.25) is 5.91 Å². The third-order valence-corrected chi connectivity index (χ3v) is 2.58. The van der Waals surface area contributed by atoms with Gasteiger partial charge in [0.15, 0.2) is 0 Å². The molecule has 1 amide bonds. The maximum atomic E-state index is 11.3. The van der Waals surface area contributed by atoms with Gasteiger partial charge in [0.05, 0.1) is 0 Å². The highest BCUT2D eigenvalue weighted by molar-refractivity contribution is 5.78. The molecule has 0 aromatic heterocycles. The highest BCUT2D eigenvalue weighted by Crippen LogP contribution is 1.99. The van der Waals surface area contributed by atoms with Gasteiger partial charge in [0, 0.05) is 13.0 Å². The minimum atomic E-state index is -1.13. The first-order valence-electron chi connectivity index (χ1n) is 6.08. The first kappa shape index (κ1) is 17.3. The lowest BCUT2D eigenvalue weighted by Crippen LogP contribution is -2.33. The van der Waals surface area contributed by atoms with Crippen molar-refractivity contribution in [1.29, 1.82) is 0 Å². The molecule has 8 nitrogen and oxygen atoms in total. The Hall–Kier alpha value is -1.67. The molecule has 0 radical (unpaired) electrons. The number of hydrogen-bond donors (Lipinski definition) is 5. The van der Waals surface area contributed by atoms with Crippen LogP contribution >= 0.6 is 0 Å². The van der Waals surface area contributed by atoms with Gasteiger partial charge in [-0.25, -0.2) is 0 Å². The van der Waals surface area contributed by atoms with E-state index in [-0.39, 0.29) is 18.7 Å². The van der Waals surface area contributed by atoms with Crippen LogP contribution in [0.4, 0.5) is 0 Å². The summed E-state index contributed by atoms with van der Waals surface area (Å²) in [5.74, 6) is -2.43. The Morgan fingerprint density at radius 2 is 1.47 bits per heavy atom. The summed E-state index contributed by atoms with van der Waals surface area (Å²) in [7, 11) is 0. The highest BCUT2D eigenvalue weighted by atomic mass is 16.4. The zero-order chi connectivity index (χ0) is 14.8. The molecule has 0 saturated heterocycles. The van der Waals surface area contributed by atoms with Crippen molar-refractivity contribution >= 4 is 17.8 Å². The third-order valence-electron chi connectivity index (χ3n) is 2.58. The van der Waals surface area contributed by atoms with Crippen LogP contribution in [0.3, 0.4) is 0 Å². The molecule has 0 aliphatic heterocycles. The molecule has 0 rings (SSSR count). The summed E-state index contributed by atoms with van der Waals surface area (Å²) in [6, 6.07) is -1.90. The molecule has 0 bridgehead atoms. The van der Waals surface area contributed by atoms with Crippen LogP contribution in [-0.4, -0.2) is 46.7 Å². The van der Waals surface area contributed by atoms with Crippen LogP contribution in [0.15, 0.2) is 0 Å². The standard InChI is InChI=1S/C11H21N3O5/c12-7(10(16)17)3-1-2-6-14-9(15)5-4-8(13)11(18)19/h7-8H,1-6,12-13H2,(H,14,15)(H,16,17)(H,18,19). The van der Waals surface area contributed by atoms with E-state index in [2.05, 4.69) is 5.32 Å². The summed E-state index contributed by atoms with van der Waals surface area (Å²) >= 11 is 0. The van der Waals surface area contributed by atoms with E-state index in [1.807, 2.05) is 0 Å². The fraction of sp³-hybridized carbons (Fsp3) is 0.727. The quantitative estimate of drug-likeness (QED) is 0.316. The fourth-order valence-corrected chi connectivity index (χ4v) is 1.34. The number of hydrogen-bond acceptors (Lipinski definition) is 5. The van der Waals surface area contributed by atoms with E-state index in [9.17, 15) is 14.4 Å². The molecule has 8 heteroatoms. The molecule has 0 spiro atoms. The summed E-state index contributed by atoms with van der Waals surface area (Å²) in [6.45, 7) is 0.410. The lowest BCUT2D eigenvalue weighted by Gasteiger charge is -2.08. The number of unbranched alkanes of at least 4 members (excludes halogenated alkanes) is 1. The van der Waals surface area contributed by atoms with Crippen molar-refractivity contribution in [3.05, 3.63) is 0 Å². The van der Waals surface area contributed by atoms with E-state index in [1.165, 1.54) is 0 Å². The molecule has 0 fully saturated rings. The van der Waals surface area contributed by atoms with Gasteiger partial charge in [0.1, 0.15) is 12.1 Å². The van der Waals surface area contributed by atoms with Crippen LogP contribution in [0.2, 0.25) is 0 Å². The largest absolute Gasteiger partial charge is 0.480 e. The van der Waals surface area contributed by atoms with Crippen LogP contribution in [0.1, 0.15) is 32.1 Å². The number of nitrogens with two attached hydrogens (primary N) is 2. The lowest BCUT2D eigenvalue weighted by molar-refractivity contribution is -0.139. The van der Waals surface area contributed by atoms with Crippen molar-refractivity contribution in [2.75, 3.05) is 6.54 Å². The second-order valence-corrected chi connectivity index (χ2v) is 4.27. The summed E-state index contributed by atoms with van der Waals surface area (Å²) in [5, 5.41) is 19.7. The zero-order valence-electron chi connectivity index (χ0n) is 10.7. The number of carbonyl (C=O) groups is 3. The second-order valence-electron chi connectivity index (χ2n) is 4.27. The Bertz CT molecular complexity index is 321. The molecular formula is C11H21N3O5. The van der Waals surface area contributed by atoms with Crippen molar-refractivity contribution in [1.82, 2.24) is 5.32 Å². The number of aliphatic carboxylic acids is 2. The van der Waals surface area contributed by atoms with E-state index in [4.69, 9.17) is 21.7 Å². The van der Waals surface area contributed by atoms with Crippen molar-refractivity contribution < 1.29 is 24.6 Å². The number of carbonyl (C=O) groups excluding carboxylic acids is 1. The maximum Gasteiger partial charge on any atom is 0.320 e. The first-order chi connectivity index (χ1) is 8.84. The first-order valence-corrected chi connectivity index (χ1v) is 6.08. The predicted octanol–water partition coefficient (Wildman–Crippen LogP) is -1.12. The van der Waals surface area contributed by atoms with Crippen LogP contribution in [0.25, 0.3) is 0 Å². The molecule has 2 atom stereocenters. The SMILES string of the molecule is NC(CCCCNC(=O)CCC(N)C(=O)O)C(=O)O. The van der Waals surface area contributed by atoms with Gasteiger partial charge in [-0.05, 0) is 25.7 Å². The van der Waals surface area contributed by atoms with Crippen LogP contribution in [0.5, 0.6) is 0 Å². The molecule has 7 N–H and O–H groups in total. The predicted molar refractivity (Wildman–Crippen MR) is 67.3 cm³/mol. The fourth-order valence-electron chi connectivity index (χ4n) is 1.34. The Labute approximate surface area is 111 Å². The molecule has 0 aromatic carbocycles. The minimum absolute atomic E-state index is 0.0576. The van der Waals surface area contributed by atoms with Gasteiger partial charge < -0.3 is 27.0 Å². The molecule has 0 aliphatic rings. The van der Waals surface area contributed by atoms with Gasteiger partial charge >= 0.3 is 11.9 Å². The van der Waals surface area contributed by atoms with Gasteiger partial charge in [-0.2, -0.15) is 0 Å². The number of carboxylic acid groups (broad SMARTS) is 2. The topological polar surface area (TPSA) is 156 Å². The molecule has 0 aliphatic carbocycles. The Morgan fingerprint density at radius 1 is 0.947 bits per heavy atom. The average molecular weight is 275 g/mol. The Morgan fingerprint density at radius 3 is 2.00 bits per heavy atom. The molecule has 0 aromatic rings. The van der Waals surface area contributed by atoms with Crippen molar-refractivity contribution in [2.45, 2.75) is 44.2 Å². The van der Waals surface area contributed by atoms with Crippen molar-refractivity contribution in [2.24, 2.45) is 11.5 Å². The van der Waals surface area contributed by atoms with Gasteiger partial charge in [0.25, 0.3) is 0 Å². The maximum absolute atomic E-state index is 11.3. The van der Waals surface area contributed by atoms with E-state index in [0.29, 0.717) is 25.8 Å². The number of carboxylic acids is 2. The number of amides is 1. The molecule has 0 saturated carbocycles. The number of rotatable bonds is 10. The lowest BCUT2D eigenvalue weighted by atomic mass is 10.1. The molecule has 110 valence electrons. The second kappa shape index (κ2) is 9.29.